The molecule has 0 aromatic heterocycles. The predicted molar refractivity (Wildman–Crippen MR) is 61.8 cm³/mol. The van der Waals surface area contributed by atoms with Gasteiger partial charge in [0.15, 0.2) is 0 Å². The SMILES string of the molecule is [C-]#[N+]c1cc(Cc2cc(F)cc(F)c2)ccc1F. The maximum Gasteiger partial charge on any atom is 0.222 e. The topological polar surface area (TPSA) is 4.36 Å². The normalized spacial score (nSPS) is 10.1. The van der Waals surface area contributed by atoms with Gasteiger partial charge in [-0.05, 0) is 36.2 Å². The molecule has 0 amide bonds. The van der Waals surface area contributed by atoms with Crippen molar-refractivity contribution in [3.63, 3.8) is 0 Å². The van der Waals surface area contributed by atoms with Crippen LogP contribution in [0.4, 0.5) is 18.9 Å². The van der Waals surface area contributed by atoms with Crippen LogP contribution in [0.25, 0.3) is 4.85 Å². The molecule has 0 heterocycles. The van der Waals surface area contributed by atoms with Gasteiger partial charge < -0.3 is 0 Å². The van der Waals surface area contributed by atoms with Crippen LogP contribution in [-0.2, 0) is 6.42 Å². The highest BCUT2D eigenvalue weighted by molar-refractivity contribution is 5.49. The Bertz CT molecular complexity index is 609. The van der Waals surface area contributed by atoms with Gasteiger partial charge in [-0.1, -0.05) is 11.6 Å². The minimum Gasteiger partial charge on any atom is -0.235 e. The lowest BCUT2D eigenvalue weighted by molar-refractivity contribution is 0.580. The zero-order valence-corrected chi connectivity index (χ0v) is 9.25. The van der Waals surface area contributed by atoms with Crippen molar-refractivity contribution in [1.82, 2.24) is 0 Å². The van der Waals surface area contributed by atoms with Crippen LogP contribution in [0, 0.1) is 24.0 Å². The number of hydrogen-bond acceptors (Lipinski definition) is 0. The van der Waals surface area contributed by atoms with Crippen molar-refractivity contribution in [3.05, 3.63) is 76.4 Å². The fourth-order valence-corrected chi connectivity index (χ4v) is 1.70. The number of rotatable bonds is 2. The van der Waals surface area contributed by atoms with Gasteiger partial charge in [-0.3, -0.25) is 0 Å². The van der Waals surface area contributed by atoms with E-state index in [1.165, 1.54) is 30.3 Å². The fourth-order valence-electron chi connectivity index (χ4n) is 1.70. The van der Waals surface area contributed by atoms with E-state index in [1.54, 1.807) is 0 Å². The molecule has 0 radical (unpaired) electrons. The third kappa shape index (κ3) is 2.69. The molecule has 0 aliphatic carbocycles. The summed E-state index contributed by atoms with van der Waals surface area (Å²) >= 11 is 0. The summed E-state index contributed by atoms with van der Waals surface area (Å²) in [5, 5.41) is 0. The molecule has 0 saturated heterocycles. The first-order chi connectivity index (χ1) is 8.58. The quantitative estimate of drug-likeness (QED) is 0.699. The first-order valence-corrected chi connectivity index (χ1v) is 5.19. The van der Waals surface area contributed by atoms with E-state index < -0.39 is 17.5 Å². The fraction of sp³-hybridized carbons (Fsp3) is 0.0714. The van der Waals surface area contributed by atoms with Crippen molar-refractivity contribution >= 4 is 5.69 Å². The number of halogens is 3. The summed E-state index contributed by atoms with van der Waals surface area (Å²) in [6, 6.07) is 7.27. The molecule has 0 atom stereocenters. The lowest BCUT2D eigenvalue weighted by Crippen LogP contribution is -1.91. The summed E-state index contributed by atoms with van der Waals surface area (Å²) in [5.41, 5.74) is 0.979. The molecule has 2 rings (SSSR count). The summed E-state index contributed by atoms with van der Waals surface area (Å²) in [4.78, 5) is 3.03. The first-order valence-electron chi connectivity index (χ1n) is 5.19. The second kappa shape index (κ2) is 4.92. The van der Waals surface area contributed by atoms with Crippen LogP contribution in [0.2, 0.25) is 0 Å². The molecule has 18 heavy (non-hydrogen) atoms. The Kier molecular flexibility index (Phi) is 3.33. The molecule has 0 aliphatic heterocycles. The van der Waals surface area contributed by atoms with E-state index in [0.29, 0.717) is 11.1 Å². The minimum atomic E-state index is -0.655. The Labute approximate surface area is 102 Å². The zero-order chi connectivity index (χ0) is 13.1. The van der Waals surface area contributed by atoms with Crippen LogP contribution in [0.1, 0.15) is 11.1 Å². The maximum absolute atomic E-state index is 13.1. The van der Waals surface area contributed by atoms with Gasteiger partial charge in [-0.25, -0.2) is 18.0 Å². The Morgan fingerprint density at radius 3 is 2.17 bits per heavy atom. The first kappa shape index (κ1) is 12.2. The van der Waals surface area contributed by atoms with Gasteiger partial charge in [-0.15, -0.1) is 0 Å². The van der Waals surface area contributed by atoms with E-state index in [1.807, 2.05) is 0 Å². The summed E-state index contributed by atoms with van der Waals surface area (Å²) in [7, 11) is 0. The van der Waals surface area contributed by atoms with E-state index in [0.717, 1.165) is 6.07 Å². The molecule has 0 N–H and O–H groups in total. The number of nitrogens with zero attached hydrogens (tertiary/aromatic N) is 1. The van der Waals surface area contributed by atoms with Gasteiger partial charge in [0.2, 0.25) is 5.69 Å². The summed E-state index contributed by atoms with van der Waals surface area (Å²) < 4.78 is 39.1. The largest absolute Gasteiger partial charge is 0.235 e. The summed E-state index contributed by atoms with van der Waals surface area (Å²) in [6.07, 6.45) is 0.248. The van der Waals surface area contributed by atoms with Gasteiger partial charge in [0.05, 0.1) is 6.57 Å². The average molecular weight is 247 g/mol. The maximum atomic E-state index is 13.1. The van der Waals surface area contributed by atoms with Crippen LogP contribution in [-0.4, -0.2) is 0 Å². The number of benzene rings is 2. The lowest BCUT2D eigenvalue weighted by atomic mass is 10.0. The minimum absolute atomic E-state index is 0.0932. The van der Waals surface area contributed by atoms with Gasteiger partial charge >= 0.3 is 0 Å². The molecule has 2 aromatic rings. The lowest BCUT2D eigenvalue weighted by Gasteiger charge is -2.04. The van der Waals surface area contributed by atoms with Crippen molar-refractivity contribution in [2.75, 3.05) is 0 Å². The molecular formula is C14H8F3N. The predicted octanol–water partition coefficient (Wildman–Crippen LogP) is 4.25. The molecular weight excluding hydrogens is 239 g/mol. The van der Waals surface area contributed by atoms with Crippen LogP contribution >= 0.6 is 0 Å². The third-order valence-electron chi connectivity index (χ3n) is 2.46. The highest BCUT2D eigenvalue weighted by Crippen LogP contribution is 2.21. The monoisotopic (exact) mass is 247 g/mol. The molecule has 0 saturated carbocycles. The zero-order valence-electron chi connectivity index (χ0n) is 9.25. The highest BCUT2D eigenvalue weighted by atomic mass is 19.1. The molecule has 0 spiro atoms. The molecule has 1 nitrogen and oxygen atoms in total. The Hall–Kier alpha value is -2.28. The van der Waals surface area contributed by atoms with E-state index >= 15 is 0 Å². The van der Waals surface area contributed by atoms with Crippen molar-refractivity contribution < 1.29 is 13.2 Å². The van der Waals surface area contributed by atoms with Gasteiger partial charge in [0.25, 0.3) is 0 Å². The van der Waals surface area contributed by atoms with Crippen molar-refractivity contribution in [1.29, 1.82) is 0 Å². The van der Waals surface area contributed by atoms with E-state index in [9.17, 15) is 13.2 Å². The van der Waals surface area contributed by atoms with Crippen molar-refractivity contribution in [2.24, 2.45) is 0 Å². The van der Waals surface area contributed by atoms with Crippen molar-refractivity contribution in [2.45, 2.75) is 6.42 Å². The highest BCUT2D eigenvalue weighted by Gasteiger charge is 2.05. The summed E-state index contributed by atoms with van der Waals surface area (Å²) in [5.74, 6) is -1.91. The molecule has 2 aromatic carbocycles. The second-order valence-corrected chi connectivity index (χ2v) is 3.85. The van der Waals surface area contributed by atoms with E-state index in [4.69, 9.17) is 6.57 Å². The van der Waals surface area contributed by atoms with Gasteiger partial charge in [0, 0.05) is 6.07 Å². The number of hydrogen-bond donors (Lipinski definition) is 0. The molecule has 0 bridgehead atoms. The van der Waals surface area contributed by atoms with Crippen LogP contribution in [0.15, 0.2) is 36.4 Å². The Morgan fingerprint density at radius 2 is 1.56 bits per heavy atom. The molecule has 0 fully saturated rings. The van der Waals surface area contributed by atoms with Crippen LogP contribution in [0.5, 0.6) is 0 Å². The third-order valence-corrected chi connectivity index (χ3v) is 2.46. The van der Waals surface area contributed by atoms with E-state index in [2.05, 4.69) is 4.85 Å². The van der Waals surface area contributed by atoms with Crippen LogP contribution in [0.3, 0.4) is 0 Å². The van der Waals surface area contributed by atoms with Gasteiger partial charge in [0.1, 0.15) is 17.5 Å². The Balaban J connectivity index is 2.31. The van der Waals surface area contributed by atoms with Gasteiger partial charge in [-0.2, -0.15) is 0 Å². The smallest absolute Gasteiger partial charge is 0.222 e. The Morgan fingerprint density at radius 1 is 0.889 bits per heavy atom. The van der Waals surface area contributed by atoms with Crippen LogP contribution < -0.4 is 0 Å². The molecule has 0 aliphatic rings. The molecule has 4 heteroatoms. The second-order valence-electron chi connectivity index (χ2n) is 3.85. The molecule has 90 valence electrons. The summed E-state index contributed by atoms with van der Waals surface area (Å²) in [6.45, 7) is 6.79. The van der Waals surface area contributed by atoms with Crippen molar-refractivity contribution in [3.8, 4) is 0 Å². The average Bonchev–Trinajstić information content (AvgIpc) is 2.30. The standard InChI is InChI=1S/C14H8F3N/c1-18-14-7-9(2-3-13(14)17)4-10-5-11(15)8-12(16)6-10/h2-3,5-8H,4H2. The van der Waals surface area contributed by atoms with E-state index in [-0.39, 0.29) is 12.1 Å². The molecule has 0 unspecified atom stereocenters.